The molecule has 0 spiro atoms. The van der Waals surface area contributed by atoms with Gasteiger partial charge < -0.3 is 10.1 Å². The largest absolute Gasteiger partial charge is 0.490 e. The molecule has 0 bridgehead atoms. The van der Waals surface area contributed by atoms with Gasteiger partial charge in [-0.3, -0.25) is 0 Å². The molecule has 0 radical (unpaired) electrons. The molecular weight excluding hydrogens is 342 g/mol. The zero-order chi connectivity index (χ0) is 18.7. The van der Waals surface area contributed by atoms with E-state index in [-0.39, 0.29) is 6.10 Å². The Balaban J connectivity index is 2.07. The van der Waals surface area contributed by atoms with Crippen molar-refractivity contribution in [2.24, 2.45) is 0 Å². The summed E-state index contributed by atoms with van der Waals surface area (Å²) in [5.74, 6) is 0.870. The minimum absolute atomic E-state index is 0.109. The number of rotatable bonds is 7. The first-order chi connectivity index (χ1) is 12.5. The molecule has 0 fully saturated rings. The zero-order valence-electron chi connectivity index (χ0n) is 16.2. The van der Waals surface area contributed by atoms with Crippen LogP contribution in [0, 0.1) is 0 Å². The van der Waals surface area contributed by atoms with Gasteiger partial charge in [0.15, 0.2) is 5.13 Å². The van der Waals surface area contributed by atoms with E-state index in [0.717, 1.165) is 46.0 Å². The summed E-state index contributed by atoms with van der Waals surface area (Å²) in [6.07, 6.45) is 2.29. The number of aromatic nitrogens is 2. The van der Waals surface area contributed by atoms with Crippen LogP contribution in [-0.4, -0.2) is 22.1 Å². The lowest BCUT2D eigenvalue weighted by Crippen LogP contribution is -2.09. The number of nitrogens with one attached hydrogen (secondary N) is 1. The zero-order valence-corrected chi connectivity index (χ0v) is 17.0. The Labute approximate surface area is 159 Å². The second kappa shape index (κ2) is 8.04. The Bertz CT molecular complexity index is 886. The number of nitrogens with zero attached hydrogens (tertiary/aromatic N) is 2. The van der Waals surface area contributed by atoms with Crippen molar-refractivity contribution in [2.75, 3.05) is 5.32 Å². The van der Waals surface area contributed by atoms with Crippen LogP contribution in [0.2, 0.25) is 0 Å². The molecule has 0 saturated carbocycles. The van der Waals surface area contributed by atoms with Gasteiger partial charge in [0, 0.05) is 22.9 Å². The van der Waals surface area contributed by atoms with Crippen LogP contribution in [0.4, 0.5) is 5.13 Å². The second-order valence-electron chi connectivity index (χ2n) is 7.11. The van der Waals surface area contributed by atoms with E-state index in [0.29, 0.717) is 6.04 Å². The van der Waals surface area contributed by atoms with Crippen molar-refractivity contribution < 1.29 is 4.74 Å². The maximum absolute atomic E-state index is 6.08. The van der Waals surface area contributed by atoms with Gasteiger partial charge in [-0.25, -0.2) is 9.97 Å². The molecule has 26 heavy (non-hydrogen) atoms. The summed E-state index contributed by atoms with van der Waals surface area (Å²) >= 11 is 1.61. The third kappa shape index (κ3) is 4.33. The summed E-state index contributed by atoms with van der Waals surface area (Å²) in [6.45, 7) is 10.5. The SMILES string of the molecule is CCCc1ccc2c(OC(C)C)cc(-c3csc(NC(C)C)n3)nc2c1. The van der Waals surface area contributed by atoms with Crippen LogP contribution in [0.15, 0.2) is 29.6 Å². The summed E-state index contributed by atoms with van der Waals surface area (Å²) in [4.78, 5) is 9.58. The van der Waals surface area contributed by atoms with Crippen LogP contribution >= 0.6 is 11.3 Å². The van der Waals surface area contributed by atoms with Crippen molar-refractivity contribution in [1.82, 2.24) is 9.97 Å². The van der Waals surface area contributed by atoms with Gasteiger partial charge in [0.1, 0.15) is 11.4 Å². The Morgan fingerprint density at radius 2 is 1.88 bits per heavy atom. The minimum atomic E-state index is 0.109. The van der Waals surface area contributed by atoms with Gasteiger partial charge >= 0.3 is 0 Å². The first-order valence-corrected chi connectivity index (χ1v) is 10.2. The molecule has 138 valence electrons. The highest BCUT2D eigenvalue weighted by Crippen LogP contribution is 2.33. The fourth-order valence-corrected chi connectivity index (χ4v) is 3.73. The predicted octanol–water partition coefficient (Wildman–Crippen LogP) is 5.92. The van der Waals surface area contributed by atoms with Gasteiger partial charge in [0.05, 0.1) is 17.3 Å². The van der Waals surface area contributed by atoms with Crippen LogP contribution < -0.4 is 10.1 Å². The number of pyridine rings is 1. The number of fused-ring (bicyclic) bond motifs is 1. The first-order valence-electron chi connectivity index (χ1n) is 9.29. The molecule has 2 aromatic heterocycles. The van der Waals surface area contributed by atoms with E-state index in [1.165, 1.54) is 5.56 Å². The molecule has 3 rings (SSSR count). The molecule has 3 aromatic rings. The van der Waals surface area contributed by atoms with Gasteiger partial charge in [0.25, 0.3) is 0 Å². The van der Waals surface area contributed by atoms with Gasteiger partial charge in [0.2, 0.25) is 0 Å². The lowest BCUT2D eigenvalue weighted by molar-refractivity contribution is 0.245. The molecule has 0 atom stereocenters. The van der Waals surface area contributed by atoms with E-state index in [4.69, 9.17) is 14.7 Å². The van der Waals surface area contributed by atoms with E-state index in [2.05, 4.69) is 44.3 Å². The molecule has 0 saturated heterocycles. The highest BCUT2D eigenvalue weighted by atomic mass is 32.1. The lowest BCUT2D eigenvalue weighted by atomic mass is 10.1. The summed E-state index contributed by atoms with van der Waals surface area (Å²) < 4.78 is 6.08. The number of ether oxygens (including phenoxy) is 1. The smallest absolute Gasteiger partial charge is 0.183 e. The van der Waals surface area contributed by atoms with Gasteiger partial charge in [-0.1, -0.05) is 19.4 Å². The van der Waals surface area contributed by atoms with Crippen LogP contribution in [0.1, 0.15) is 46.6 Å². The normalized spacial score (nSPS) is 11.5. The fraction of sp³-hybridized carbons (Fsp3) is 0.429. The monoisotopic (exact) mass is 369 g/mol. The minimum Gasteiger partial charge on any atom is -0.490 e. The van der Waals surface area contributed by atoms with Crippen LogP contribution in [0.25, 0.3) is 22.3 Å². The van der Waals surface area contributed by atoms with Gasteiger partial charge in [-0.05, 0) is 51.8 Å². The average Bonchev–Trinajstić information content (AvgIpc) is 3.02. The third-order valence-electron chi connectivity index (χ3n) is 3.92. The Morgan fingerprint density at radius 1 is 1.08 bits per heavy atom. The third-order valence-corrected chi connectivity index (χ3v) is 4.69. The van der Waals surface area contributed by atoms with Crippen LogP contribution in [-0.2, 0) is 6.42 Å². The van der Waals surface area contributed by atoms with E-state index >= 15 is 0 Å². The molecule has 4 nitrogen and oxygen atoms in total. The highest BCUT2D eigenvalue weighted by molar-refractivity contribution is 7.14. The number of thiazole rings is 1. The molecule has 5 heteroatoms. The van der Waals surface area contributed by atoms with E-state index in [1.54, 1.807) is 11.3 Å². The van der Waals surface area contributed by atoms with E-state index in [1.807, 2.05) is 25.3 Å². The van der Waals surface area contributed by atoms with Crippen molar-refractivity contribution in [3.05, 3.63) is 35.2 Å². The Morgan fingerprint density at radius 3 is 2.58 bits per heavy atom. The second-order valence-corrected chi connectivity index (χ2v) is 7.97. The predicted molar refractivity (Wildman–Crippen MR) is 111 cm³/mol. The molecular formula is C21H27N3OS. The molecule has 0 aliphatic rings. The maximum Gasteiger partial charge on any atom is 0.183 e. The topological polar surface area (TPSA) is 47.0 Å². The first kappa shape index (κ1) is 18.6. The molecule has 2 heterocycles. The molecule has 0 aliphatic carbocycles. The van der Waals surface area contributed by atoms with Crippen molar-refractivity contribution in [1.29, 1.82) is 0 Å². The highest BCUT2D eigenvalue weighted by Gasteiger charge is 2.13. The summed E-state index contributed by atoms with van der Waals surface area (Å²) in [5, 5.41) is 7.38. The summed E-state index contributed by atoms with van der Waals surface area (Å²) in [5.41, 5.74) is 4.01. The van der Waals surface area contributed by atoms with Crippen molar-refractivity contribution >= 4 is 27.4 Å². The summed E-state index contributed by atoms with van der Waals surface area (Å²) in [6, 6.07) is 8.84. The number of aryl methyl sites for hydroxylation is 1. The van der Waals surface area contributed by atoms with Crippen LogP contribution in [0.5, 0.6) is 5.75 Å². The number of anilines is 1. The Hall–Kier alpha value is -2.14. The molecule has 0 unspecified atom stereocenters. The maximum atomic E-state index is 6.08. The molecule has 0 amide bonds. The number of benzene rings is 1. The molecule has 1 aromatic carbocycles. The summed E-state index contributed by atoms with van der Waals surface area (Å²) in [7, 11) is 0. The van der Waals surface area contributed by atoms with Gasteiger partial charge in [-0.15, -0.1) is 11.3 Å². The fourth-order valence-electron chi connectivity index (χ4n) is 2.87. The average molecular weight is 370 g/mol. The van der Waals surface area contributed by atoms with Crippen molar-refractivity contribution in [3.63, 3.8) is 0 Å². The van der Waals surface area contributed by atoms with Crippen molar-refractivity contribution in [2.45, 2.75) is 59.6 Å². The van der Waals surface area contributed by atoms with E-state index < -0.39 is 0 Å². The quantitative estimate of drug-likeness (QED) is 0.562. The van der Waals surface area contributed by atoms with Crippen LogP contribution in [0.3, 0.4) is 0 Å². The Kier molecular flexibility index (Phi) is 5.77. The van der Waals surface area contributed by atoms with Gasteiger partial charge in [-0.2, -0.15) is 0 Å². The number of hydrogen-bond donors (Lipinski definition) is 1. The van der Waals surface area contributed by atoms with Crippen molar-refractivity contribution in [3.8, 4) is 17.1 Å². The standard InChI is InChI=1S/C21H27N3OS/c1-6-7-15-8-9-16-17(10-15)23-18(11-20(16)25-14(4)5)19-12-26-21(24-19)22-13(2)3/h8-14H,6-7H2,1-5H3,(H,22,24). The molecule has 0 aliphatic heterocycles. The lowest BCUT2D eigenvalue weighted by Gasteiger charge is -2.14. The number of hydrogen-bond acceptors (Lipinski definition) is 5. The van der Waals surface area contributed by atoms with E-state index in [9.17, 15) is 0 Å². The molecule has 1 N–H and O–H groups in total.